The zero-order chi connectivity index (χ0) is 18.4. The van der Waals surface area contributed by atoms with Gasteiger partial charge >= 0.3 is 0 Å². The Morgan fingerprint density at radius 2 is 1.81 bits per heavy atom. The minimum Gasteiger partial charge on any atom is -0.496 e. The molecule has 2 aromatic rings. The van der Waals surface area contributed by atoms with E-state index in [4.69, 9.17) is 4.74 Å². The van der Waals surface area contributed by atoms with E-state index in [9.17, 15) is 4.79 Å². The van der Waals surface area contributed by atoms with Crippen LogP contribution in [0.4, 0.5) is 0 Å². The average Bonchev–Trinajstić information content (AvgIpc) is 2.68. The quantitative estimate of drug-likeness (QED) is 0.838. The summed E-state index contributed by atoms with van der Waals surface area (Å²) >= 11 is 0. The first-order valence-electron chi connectivity index (χ1n) is 9.50. The topological polar surface area (TPSA) is 42.8 Å². The predicted molar refractivity (Wildman–Crippen MR) is 104 cm³/mol. The minimum absolute atomic E-state index is 0.0663. The van der Waals surface area contributed by atoms with E-state index in [2.05, 4.69) is 23.5 Å². The molecule has 138 valence electrons. The maximum Gasteiger partial charge on any atom is 0.251 e. The summed E-state index contributed by atoms with van der Waals surface area (Å²) < 4.78 is 5.32. The minimum atomic E-state index is -0.0663. The molecule has 1 fully saturated rings. The molecule has 0 radical (unpaired) electrons. The van der Waals surface area contributed by atoms with Gasteiger partial charge in [-0.05, 0) is 49.4 Å². The summed E-state index contributed by atoms with van der Waals surface area (Å²) in [4.78, 5) is 14.2. The molecule has 1 amide bonds. The number of rotatable bonds is 6. The molecule has 2 N–H and O–H groups in total. The molecule has 0 spiro atoms. The van der Waals surface area contributed by atoms with Gasteiger partial charge in [0.15, 0.2) is 0 Å². The molecule has 1 saturated heterocycles. The number of quaternary nitrogens is 1. The monoisotopic (exact) mass is 353 g/mol. The lowest BCUT2D eigenvalue weighted by Crippen LogP contribution is -3.11. The van der Waals surface area contributed by atoms with E-state index < -0.39 is 0 Å². The van der Waals surface area contributed by atoms with Gasteiger partial charge in [0.25, 0.3) is 5.91 Å². The Morgan fingerprint density at radius 1 is 1.08 bits per heavy atom. The molecule has 26 heavy (non-hydrogen) atoms. The van der Waals surface area contributed by atoms with E-state index in [1.165, 1.54) is 43.5 Å². The summed E-state index contributed by atoms with van der Waals surface area (Å²) in [6.07, 6.45) is 4.01. The van der Waals surface area contributed by atoms with Gasteiger partial charge in [-0.15, -0.1) is 0 Å². The SMILES string of the molecule is COc1cc(C(=O)NCc2ccccc2C[NH+]2CCCCC2)ccc1C. The molecular weight excluding hydrogens is 324 g/mol. The van der Waals surface area contributed by atoms with Crippen molar-refractivity contribution in [1.29, 1.82) is 0 Å². The molecule has 0 saturated carbocycles. The van der Waals surface area contributed by atoms with Crippen molar-refractivity contribution in [2.24, 2.45) is 0 Å². The number of nitrogens with one attached hydrogen (secondary N) is 2. The molecule has 0 atom stereocenters. The van der Waals surface area contributed by atoms with Crippen molar-refractivity contribution in [2.45, 2.75) is 39.3 Å². The predicted octanol–water partition coefficient (Wildman–Crippen LogP) is 2.50. The zero-order valence-corrected chi connectivity index (χ0v) is 15.8. The molecule has 0 aliphatic carbocycles. The summed E-state index contributed by atoms with van der Waals surface area (Å²) in [5.74, 6) is 0.676. The molecule has 2 aromatic carbocycles. The number of ether oxygens (including phenoxy) is 1. The third kappa shape index (κ3) is 4.64. The molecule has 4 nitrogen and oxygen atoms in total. The number of methoxy groups -OCH3 is 1. The highest BCUT2D eigenvalue weighted by molar-refractivity contribution is 5.94. The number of carbonyl (C=O) groups excluding carboxylic acids is 1. The Labute approximate surface area is 156 Å². The number of likely N-dealkylation sites (tertiary alicyclic amines) is 1. The molecule has 0 aromatic heterocycles. The van der Waals surface area contributed by atoms with Crippen LogP contribution in [-0.2, 0) is 13.1 Å². The summed E-state index contributed by atoms with van der Waals surface area (Å²) in [7, 11) is 1.63. The van der Waals surface area contributed by atoms with Crippen LogP contribution in [0.1, 0.15) is 46.3 Å². The Morgan fingerprint density at radius 3 is 2.54 bits per heavy atom. The molecule has 1 aliphatic rings. The maximum atomic E-state index is 12.5. The van der Waals surface area contributed by atoms with Gasteiger partial charge in [-0.1, -0.05) is 30.3 Å². The smallest absolute Gasteiger partial charge is 0.251 e. The number of aryl methyl sites for hydroxylation is 1. The Balaban J connectivity index is 1.64. The summed E-state index contributed by atoms with van der Waals surface area (Å²) in [5, 5.41) is 3.06. The number of piperidine rings is 1. The molecular formula is C22H29N2O2+. The Kier molecular flexibility index (Phi) is 6.29. The second-order valence-corrected chi connectivity index (χ2v) is 7.12. The van der Waals surface area contributed by atoms with Crippen LogP contribution in [0.15, 0.2) is 42.5 Å². The standard InChI is InChI=1S/C22H28N2O2/c1-17-10-11-18(14-21(17)26-2)22(25)23-15-19-8-4-5-9-20(19)16-24-12-6-3-7-13-24/h4-5,8-11,14H,3,6-7,12-13,15-16H2,1-2H3,(H,23,25)/p+1. The van der Waals surface area contributed by atoms with Crippen LogP contribution < -0.4 is 15.0 Å². The fourth-order valence-corrected chi connectivity index (χ4v) is 3.64. The molecule has 1 heterocycles. The lowest BCUT2D eigenvalue weighted by atomic mass is 10.0. The van der Waals surface area contributed by atoms with Crippen molar-refractivity contribution in [2.75, 3.05) is 20.2 Å². The number of hydrogen-bond acceptors (Lipinski definition) is 2. The number of benzene rings is 2. The van der Waals surface area contributed by atoms with Gasteiger partial charge in [0.1, 0.15) is 12.3 Å². The second-order valence-electron chi connectivity index (χ2n) is 7.12. The number of amides is 1. The lowest BCUT2D eigenvalue weighted by molar-refractivity contribution is -0.918. The van der Waals surface area contributed by atoms with Crippen molar-refractivity contribution < 1.29 is 14.4 Å². The van der Waals surface area contributed by atoms with Gasteiger partial charge < -0.3 is 15.0 Å². The molecule has 0 bridgehead atoms. The van der Waals surface area contributed by atoms with Crippen LogP contribution in [0, 0.1) is 6.92 Å². The first-order chi connectivity index (χ1) is 12.7. The highest BCUT2D eigenvalue weighted by Gasteiger charge is 2.16. The van der Waals surface area contributed by atoms with Crippen LogP contribution in [0.5, 0.6) is 5.75 Å². The van der Waals surface area contributed by atoms with Crippen LogP contribution >= 0.6 is 0 Å². The fourth-order valence-electron chi connectivity index (χ4n) is 3.64. The van der Waals surface area contributed by atoms with E-state index >= 15 is 0 Å². The van der Waals surface area contributed by atoms with Crippen molar-refractivity contribution in [3.63, 3.8) is 0 Å². The van der Waals surface area contributed by atoms with Gasteiger partial charge in [-0.25, -0.2) is 0 Å². The van der Waals surface area contributed by atoms with Crippen molar-refractivity contribution in [1.82, 2.24) is 5.32 Å². The van der Waals surface area contributed by atoms with Gasteiger partial charge in [0, 0.05) is 17.7 Å². The summed E-state index contributed by atoms with van der Waals surface area (Å²) in [6.45, 7) is 6.08. The van der Waals surface area contributed by atoms with E-state index in [-0.39, 0.29) is 5.91 Å². The van der Waals surface area contributed by atoms with Crippen LogP contribution in [0.3, 0.4) is 0 Å². The van der Waals surface area contributed by atoms with Gasteiger partial charge in [-0.2, -0.15) is 0 Å². The van der Waals surface area contributed by atoms with Crippen molar-refractivity contribution in [3.05, 3.63) is 64.7 Å². The Hall–Kier alpha value is -2.33. The van der Waals surface area contributed by atoms with Crippen LogP contribution in [0.25, 0.3) is 0 Å². The average molecular weight is 353 g/mol. The normalized spacial score (nSPS) is 14.8. The van der Waals surface area contributed by atoms with Crippen LogP contribution in [-0.4, -0.2) is 26.1 Å². The van der Waals surface area contributed by atoms with Gasteiger partial charge in [-0.3, -0.25) is 4.79 Å². The van der Waals surface area contributed by atoms with E-state index in [1.54, 1.807) is 18.1 Å². The maximum absolute atomic E-state index is 12.5. The third-order valence-electron chi connectivity index (χ3n) is 5.23. The fraction of sp³-hybridized carbons (Fsp3) is 0.409. The Bertz CT molecular complexity index is 752. The molecule has 4 heteroatoms. The largest absolute Gasteiger partial charge is 0.496 e. The zero-order valence-electron chi connectivity index (χ0n) is 15.8. The first kappa shape index (κ1) is 18.5. The highest BCUT2D eigenvalue weighted by atomic mass is 16.5. The molecule has 0 unspecified atom stereocenters. The summed E-state index contributed by atoms with van der Waals surface area (Å²) in [5.41, 5.74) is 4.20. The van der Waals surface area contributed by atoms with Crippen molar-refractivity contribution >= 4 is 5.91 Å². The van der Waals surface area contributed by atoms with Gasteiger partial charge in [0.2, 0.25) is 0 Å². The van der Waals surface area contributed by atoms with E-state index in [0.717, 1.165) is 17.9 Å². The lowest BCUT2D eigenvalue weighted by Gasteiger charge is -2.24. The molecule has 3 rings (SSSR count). The third-order valence-corrected chi connectivity index (χ3v) is 5.23. The molecule has 1 aliphatic heterocycles. The van der Waals surface area contributed by atoms with Crippen molar-refractivity contribution in [3.8, 4) is 5.75 Å². The van der Waals surface area contributed by atoms with Gasteiger partial charge in [0.05, 0.1) is 20.2 Å². The highest BCUT2D eigenvalue weighted by Crippen LogP contribution is 2.19. The number of hydrogen-bond donors (Lipinski definition) is 2. The van der Waals surface area contributed by atoms with E-state index in [1.807, 2.05) is 25.1 Å². The van der Waals surface area contributed by atoms with Crippen LogP contribution in [0.2, 0.25) is 0 Å². The second kappa shape index (κ2) is 8.86. The summed E-state index contributed by atoms with van der Waals surface area (Å²) in [6, 6.07) is 14.0. The van der Waals surface area contributed by atoms with E-state index in [0.29, 0.717) is 12.1 Å². The number of carbonyl (C=O) groups is 1. The first-order valence-corrected chi connectivity index (χ1v) is 9.50.